The molecule has 5 aromatic heterocycles. The van der Waals surface area contributed by atoms with Gasteiger partial charge in [0.2, 0.25) is 26.0 Å². The van der Waals surface area contributed by atoms with E-state index in [-0.39, 0.29) is 81.3 Å². The van der Waals surface area contributed by atoms with Crippen molar-refractivity contribution >= 4 is 102 Å². The molecule has 1 aliphatic heterocycles. The number of carbonyl (C=O) groups excluding carboxylic acids is 1. The van der Waals surface area contributed by atoms with Crippen LogP contribution in [-0.2, 0) is 53.8 Å². The Kier molecular flexibility index (Phi) is 56.0. The molecule has 0 aliphatic carbocycles. The number of aliphatic hydroxyl groups excluding tert-OH is 10. The van der Waals surface area contributed by atoms with E-state index in [1.165, 1.54) is 84.6 Å². The summed E-state index contributed by atoms with van der Waals surface area (Å²) in [4.78, 5) is 87.7. The van der Waals surface area contributed by atoms with Gasteiger partial charge in [-0.25, -0.2) is 76.4 Å². The molecule has 0 spiro atoms. The number of rotatable bonds is 14. The van der Waals surface area contributed by atoms with E-state index in [1.807, 2.05) is 111 Å². The maximum absolute atomic E-state index is 10.6. The summed E-state index contributed by atoms with van der Waals surface area (Å²) in [6.45, 7) is 65.6. The van der Waals surface area contributed by atoms with Crippen LogP contribution >= 0.6 is 7.60 Å². The Morgan fingerprint density at radius 2 is 1.01 bits per heavy atom. The number of aromatic amines is 1. The van der Waals surface area contributed by atoms with E-state index in [2.05, 4.69) is 96.0 Å². The van der Waals surface area contributed by atoms with Crippen molar-refractivity contribution in [2.45, 2.75) is 354 Å². The standard InChI is InChI=1S/C14H21N5O4.C9H13N5.C9H13N3O2.C9H20O5.C9H20O2.C6H12O2.C5H13N3.C5H13NO2S.C5H10O2.C4H11NO2S.C4H11O3P.C4H10O3S/c1-14(2,3)18-11-8-12(16-5-15-11)19(6-17-8)13-10(22)9(21)7(4-20)23-13;1-9(2,3)14-8-6-7(11-4-10-6)12-5-13-8;1-9(2,3)12-8-10-4-6(5-11-8)7(13)14;1-9(2,3)8(14)7(13)6(12)5(11)4-10;1-5-9(6-10,7-11)8(2,3)4;1-6(2,3)5(7)8-4;1-5(2,3)8-4(6)7;1-5(2,3)6-9(4,7)8;1-5(2,3)4(6)7;3*1-4(2,3)8(5,6)7/h5-7,9-10,13,20-22H,4H2,1-3H3,(H,15,16,18);4-5H,1-3H3,(H2,10,11,12,13,14);4-5H,1-3H3,(H,13,14)(H,10,11,12);5-8,10-14H,4H2,1-3H3;10-11H,5-7H2,1-4H3;1-4H3;1-3H3,(H4,6,7,8);6H,1-4H3;1-3H3,(H,6,7);2*1-3H3,(H2,5,6,7);1-3H3,(H,5,6,7)/t7-,9?,10+,13-;;;5-,6-,7+,8-;;;;;;;;/m1..1......../s1. The number of fused-ring (bicyclic) bond motifs is 2. The number of aromatic nitrogens is 10. The van der Waals surface area contributed by atoms with Gasteiger partial charge in [-0.3, -0.25) is 23.3 Å². The molecule has 0 radical (unpaired) electrons. The number of carboxylic acids is 2. The molecular formula is C83H167N18O27PS3. The van der Waals surface area contributed by atoms with Crippen LogP contribution in [0.4, 0.5) is 17.6 Å². The van der Waals surface area contributed by atoms with Gasteiger partial charge in [0.15, 0.2) is 40.6 Å². The van der Waals surface area contributed by atoms with Crippen molar-refractivity contribution < 1.29 is 129 Å². The number of esters is 1. The number of aliphatic hydroxyl groups is 10. The van der Waals surface area contributed by atoms with Gasteiger partial charge in [0.05, 0.1) is 95.1 Å². The quantitative estimate of drug-likeness (QED) is 0.0177. The molecule has 132 heavy (non-hydrogen) atoms. The van der Waals surface area contributed by atoms with Crippen LogP contribution in [0.15, 0.2) is 42.7 Å². The van der Waals surface area contributed by atoms with Crippen molar-refractivity contribution in [3.05, 3.63) is 43.3 Å². The molecule has 0 bridgehead atoms. The van der Waals surface area contributed by atoms with Gasteiger partial charge in [-0.15, -0.1) is 0 Å². The zero-order valence-electron chi connectivity index (χ0n) is 85.1. The summed E-state index contributed by atoms with van der Waals surface area (Å²) in [7, 11) is -12.7. The number of imidazole rings is 2. The maximum Gasteiger partial charge on any atom is 0.338 e. The number of carbonyl (C=O) groups is 3. The van der Waals surface area contributed by atoms with Crippen molar-refractivity contribution in [1.82, 2.24) is 54.1 Å². The lowest BCUT2D eigenvalue weighted by Gasteiger charge is -2.41. The predicted octanol–water partition coefficient (Wildman–Crippen LogP) is 6.90. The number of aliphatic carboxylic acids is 1. The second kappa shape index (κ2) is 54.6. The minimum absolute atomic E-state index is 0.0214. The number of H-pyrrole nitrogens is 1. The van der Waals surface area contributed by atoms with Crippen LogP contribution in [0.3, 0.4) is 0 Å². The highest BCUT2D eigenvalue weighted by molar-refractivity contribution is 7.90. The van der Waals surface area contributed by atoms with E-state index in [0.717, 1.165) is 24.0 Å². The third-order valence-corrected chi connectivity index (χ3v) is 22.6. The summed E-state index contributed by atoms with van der Waals surface area (Å²) in [5.74, 6) is 0.00491. The number of nitrogens with two attached hydrogens (primary N) is 3. The number of sulfonamides is 2. The second-order valence-electron chi connectivity index (χ2n) is 42.7. The molecule has 1 fully saturated rings. The number of nitrogens with one attached hydrogen (secondary N) is 5. The lowest BCUT2D eigenvalue weighted by molar-refractivity contribution is -0.149. The summed E-state index contributed by atoms with van der Waals surface area (Å²) in [5, 5.41) is 124. The third-order valence-electron chi connectivity index (χ3n) is 16.7. The van der Waals surface area contributed by atoms with Crippen molar-refractivity contribution in [3.8, 4) is 0 Å². The number of aliphatic imine (C=N–C) groups is 1. The molecule has 1 saturated heterocycles. The Morgan fingerprint density at radius 1 is 0.606 bits per heavy atom. The van der Waals surface area contributed by atoms with Gasteiger partial charge in [-0.1, -0.05) is 48.5 Å². The van der Waals surface area contributed by atoms with Crippen LogP contribution in [-0.4, -0.2) is 299 Å². The number of carboxylic acid groups (broad SMARTS) is 2. The van der Waals surface area contributed by atoms with Crippen LogP contribution in [0, 0.1) is 27.1 Å². The minimum atomic E-state index is -3.85. The Labute approximate surface area is 782 Å². The number of hydrogen-bond donors (Lipinski definition) is 23. The van der Waals surface area contributed by atoms with E-state index in [9.17, 15) is 74.8 Å². The molecule has 45 nitrogen and oxygen atoms in total. The zero-order chi connectivity index (χ0) is 107. The van der Waals surface area contributed by atoms with E-state index in [4.69, 9.17) is 66.3 Å². The Hall–Kier alpha value is -7.30. The number of hydrogen-bond acceptors (Lipinski definition) is 34. The predicted molar refractivity (Wildman–Crippen MR) is 514 cm³/mol. The molecule has 1 unspecified atom stereocenters. The summed E-state index contributed by atoms with van der Waals surface area (Å²) < 4.78 is 93.1. The fourth-order valence-electron chi connectivity index (χ4n) is 8.21. The summed E-state index contributed by atoms with van der Waals surface area (Å²) in [6, 6.07) is 0. The van der Waals surface area contributed by atoms with Gasteiger partial charge in [0.1, 0.15) is 54.8 Å². The van der Waals surface area contributed by atoms with E-state index in [0.29, 0.717) is 28.6 Å². The number of anilines is 3. The first-order valence-corrected chi connectivity index (χ1v) is 48.1. The molecular weight excluding hydrogens is 1810 g/mol. The largest absolute Gasteiger partial charge is 0.481 e. The zero-order valence-corrected chi connectivity index (χ0v) is 88.4. The number of guanidine groups is 1. The lowest BCUT2D eigenvalue weighted by Crippen LogP contribution is -2.50. The maximum atomic E-state index is 10.6. The van der Waals surface area contributed by atoms with Gasteiger partial charge in [0, 0.05) is 40.0 Å². The first-order chi connectivity index (χ1) is 58.2. The van der Waals surface area contributed by atoms with Gasteiger partial charge in [0.25, 0.3) is 10.1 Å². The minimum Gasteiger partial charge on any atom is -0.481 e. The Balaban J connectivity index is -0.000000335. The fourth-order valence-corrected chi connectivity index (χ4v) is 9.32. The topological polar surface area (TPSA) is 755 Å². The van der Waals surface area contributed by atoms with E-state index in [1.54, 1.807) is 89.4 Å². The molecule has 8 atom stereocenters. The van der Waals surface area contributed by atoms with Gasteiger partial charge in [-0.2, -0.15) is 8.42 Å². The average Bonchev–Trinajstić information content (AvgIpc) is 1.61. The number of ether oxygens (including phenoxy) is 2. The molecule has 6 rings (SSSR count). The van der Waals surface area contributed by atoms with E-state index >= 15 is 0 Å². The summed E-state index contributed by atoms with van der Waals surface area (Å²) in [6.07, 6.45) is 0.829. The molecule has 774 valence electrons. The first kappa shape index (κ1) is 135. The number of aromatic carboxylic acids is 1. The monoisotopic (exact) mass is 1980 g/mol. The molecule has 1 aliphatic rings. The molecule has 0 saturated carbocycles. The van der Waals surface area contributed by atoms with Gasteiger partial charge in [-0.05, 0) is 225 Å². The third kappa shape index (κ3) is 58.2. The van der Waals surface area contributed by atoms with Gasteiger partial charge < -0.3 is 113 Å². The Morgan fingerprint density at radius 3 is 1.26 bits per heavy atom. The lowest BCUT2D eigenvalue weighted by atomic mass is 9.66. The van der Waals surface area contributed by atoms with Crippen molar-refractivity contribution in [1.29, 1.82) is 0 Å². The fraction of sp³-hybridized carbons (Fsp3) is 0.783. The Bertz CT molecular complexity index is 4570. The molecule has 26 N–H and O–H groups in total. The number of methoxy groups -OCH3 is 1. The molecule has 49 heteroatoms. The SMILES string of the molecule is CC(C)(C)C(=O)O.CC(C)(C)N=C(N)N.CC(C)(C)NS(C)(=O)=O.CC(C)(C)Nc1ncc(C(=O)O)cn1.CC(C)(C)Nc1ncnc2c1ncn2[C@@H]1O[C@H](CO)C(O)[C@@H]1O.CC(C)(C)Nc1ncnc2nc[nH]c12.CC(C)(C)P(=O)(O)O.CC(C)(C)S(=O)(=O)O.CC(C)(C)S(N)(=O)=O.CC(C)(C)[C@H](O)[C@@H](O)[C@H](O)[C@H](O)CO.CCC(CO)(CO)C(C)(C)C.COC(=O)C(C)(C)C. The van der Waals surface area contributed by atoms with Crippen LogP contribution in [0.2, 0.25) is 0 Å². The van der Waals surface area contributed by atoms with Crippen LogP contribution in [0.5, 0.6) is 0 Å². The van der Waals surface area contributed by atoms with Crippen LogP contribution < -0.4 is 37.3 Å². The highest BCUT2D eigenvalue weighted by Crippen LogP contribution is 2.49. The van der Waals surface area contributed by atoms with Crippen LogP contribution in [0.1, 0.15) is 279 Å². The first-order valence-electron chi connectivity index (χ1n) is 41.6. The highest BCUT2D eigenvalue weighted by atomic mass is 32.2. The highest BCUT2D eigenvalue weighted by Gasteiger charge is 2.45. The average molecular weight is 1980 g/mol. The second-order valence-corrected chi connectivity index (χ2v) is 51.3. The molecule has 6 heterocycles. The summed E-state index contributed by atoms with van der Waals surface area (Å²) in [5.41, 5.74) is 10.1. The summed E-state index contributed by atoms with van der Waals surface area (Å²) >= 11 is 0. The molecule has 0 aromatic carbocycles. The number of nitrogens with zero attached hydrogens (tertiary/aromatic N) is 10. The van der Waals surface area contributed by atoms with Crippen molar-refractivity contribution in [2.75, 3.05) is 55.7 Å². The molecule has 5 aromatic rings. The van der Waals surface area contributed by atoms with Crippen molar-refractivity contribution in [3.63, 3.8) is 0 Å². The smallest absolute Gasteiger partial charge is 0.338 e. The van der Waals surface area contributed by atoms with Gasteiger partial charge >= 0.3 is 25.5 Å². The van der Waals surface area contributed by atoms with Crippen molar-refractivity contribution in [2.24, 2.45) is 48.7 Å². The normalized spacial score (nSPS) is 16.2. The van der Waals surface area contributed by atoms with Crippen LogP contribution in [0.25, 0.3) is 22.3 Å². The van der Waals surface area contributed by atoms with E-state index < -0.39 is 131 Å². The number of primary sulfonamides is 1. The molecule has 0 amide bonds.